The Balaban J connectivity index is 2.12. The van der Waals surface area contributed by atoms with Gasteiger partial charge in [0.1, 0.15) is 29.4 Å². The van der Waals surface area contributed by atoms with Crippen molar-refractivity contribution in [3.63, 3.8) is 0 Å². The zero-order valence-electron chi connectivity index (χ0n) is 13.7. The van der Waals surface area contributed by atoms with Gasteiger partial charge in [0.2, 0.25) is 0 Å². The quantitative estimate of drug-likeness (QED) is 0.685. The summed E-state index contributed by atoms with van der Waals surface area (Å²) in [6.07, 6.45) is 1.61. The van der Waals surface area contributed by atoms with Crippen molar-refractivity contribution in [2.75, 3.05) is 6.54 Å². The number of phenolic OH excluding ortho intramolecular Hbond substituents is 1. The predicted molar refractivity (Wildman–Crippen MR) is 86.8 cm³/mol. The fourth-order valence-corrected chi connectivity index (χ4v) is 2.08. The molecule has 0 saturated heterocycles. The van der Waals surface area contributed by atoms with Gasteiger partial charge >= 0.3 is 5.97 Å². The number of carbonyl (C=O) groups is 2. The molecule has 0 fully saturated rings. The lowest BCUT2D eigenvalue weighted by Crippen LogP contribution is -2.38. The number of benzene rings is 1. The second-order valence-electron chi connectivity index (χ2n) is 6.26. The first-order valence-corrected chi connectivity index (χ1v) is 7.25. The predicted octanol–water partition coefficient (Wildman–Crippen LogP) is 2.34. The van der Waals surface area contributed by atoms with Gasteiger partial charge in [-0.15, -0.1) is 0 Å². The number of amides is 1. The highest BCUT2D eigenvalue weighted by Crippen LogP contribution is 2.20. The Morgan fingerprint density at radius 3 is 2.48 bits per heavy atom. The fourth-order valence-electron chi connectivity index (χ4n) is 2.08. The Hall–Kier alpha value is -2.63. The molecule has 6 nitrogen and oxygen atoms in total. The van der Waals surface area contributed by atoms with E-state index in [9.17, 15) is 14.7 Å². The molecule has 0 atom stereocenters. The molecule has 0 spiro atoms. The molecule has 1 N–H and O–H groups in total. The number of hydrogen-bond donors (Lipinski definition) is 1. The smallest absolute Gasteiger partial charge is 0.326 e. The standard InChI is InChI=1S/C17H20N2O4/c1-11-18-14(9-12-5-7-13(20)8-6-12)16(22)19(11)10-15(21)23-17(2,3)4/h5-9,20H,10H2,1-4H3/b14-9-. The summed E-state index contributed by atoms with van der Waals surface area (Å²) >= 11 is 0. The van der Waals surface area contributed by atoms with Crippen LogP contribution in [-0.4, -0.2) is 39.9 Å². The lowest BCUT2D eigenvalue weighted by molar-refractivity contribution is -0.156. The van der Waals surface area contributed by atoms with Crippen LogP contribution in [0.15, 0.2) is 35.0 Å². The number of amidine groups is 1. The van der Waals surface area contributed by atoms with E-state index in [1.54, 1.807) is 45.9 Å². The maximum absolute atomic E-state index is 12.4. The van der Waals surface area contributed by atoms with E-state index in [4.69, 9.17) is 4.74 Å². The number of carbonyl (C=O) groups excluding carboxylic acids is 2. The highest BCUT2D eigenvalue weighted by molar-refractivity contribution is 6.14. The van der Waals surface area contributed by atoms with Gasteiger partial charge in [-0.1, -0.05) is 12.1 Å². The largest absolute Gasteiger partial charge is 0.508 e. The summed E-state index contributed by atoms with van der Waals surface area (Å²) < 4.78 is 5.23. The molecule has 0 unspecified atom stereocenters. The topological polar surface area (TPSA) is 79.2 Å². The van der Waals surface area contributed by atoms with Crippen LogP contribution in [0.2, 0.25) is 0 Å². The van der Waals surface area contributed by atoms with E-state index in [1.165, 1.54) is 17.0 Å². The van der Waals surface area contributed by atoms with Crippen LogP contribution in [-0.2, 0) is 14.3 Å². The normalized spacial score (nSPS) is 16.7. The van der Waals surface area contributed by atoms with Crippen LogP contribution in [0.5, 0.6) is 5.75 Å². The van der Waals surface area contributed by atoms with Crippen molar-refractivity contribution in [3.05, 3.63) is 35.5 Å². The molecule has 0 saturated carbocycles. The molecule has 1 aromatic carbocycles. The molecule has 0 radical (unpaired) electrons. The minimum absolute atomic E-state index is 0.149. The highest BCUT2D eigenvalue weighted by Gasteiger charge is 2.30. The Morgan fingerprint density at radius 2 is 1.91 bits per heavy atom. The minimum Gasteiger partial charge on any atom is -0.508 e. The molecule has 0 aliphatic carbocycles. The number of hydrogen-bond acceptors (Lipinski definition) is 5. The minimum atomic E-state index is -0.602. The van der Waals surface area contributed by atoms with E-state index in [2.05, 4.69) is 4.99 Å². The molecule has 1 aliphatic rings. The Labute approximate surface area is 135 Å². The average Bonchev–Trinajstić information content (AvgIpc) is 2.67. The first kappa shape index (κ1) is 16.7. The number of aromatic hydroxyl groups is 1. The van der Waals surface area contributed by atoms with Crippen molar-refractivity contribution >= 4 is 23.8 Å². The van der Waals surface area contributed by atoms with Gasteiger partial charge in [0, 0.05) is 0 Å². The van der Waals surface area contributed by atoms with Gasteiger partial charge in [-0.2, -0.15) is 0 Å². The van der Waals surface area contributed by atoms with Crippen molar-refractivity contribution in [1.29, 1.82) is 0 Å². The first-order chi connectivity index (χ1) is 10.7. The van der Waals surface area contributed by atoms with Crippen LogP contribution in [0.3, 0.4) is 0 Å². The Morgan fingerprint density at radius 1 is 1.30 bits per heavy atom. The van der Waals surface area contributed by atoms with Gasteiger partial charge in [0.05, 0.1) is 0 Å². The Bertz CT molecular complexity index is 682. The zero-order valence-corrected chi connectivity index (χ0v) is 13.7. The van der Waals surface area contributed by atoms with Crippen LogP contribution in [0.25, 0.3) is 6.08 Å². The van der Waals surface area contributed by atoms with E-state index in [0.29, 0.717) is 5.84 Å². The summed E-state index contributed by atoms with van der Waals surface area (Å²) in [7, 11) is 0. The van der Waals surface area contributed by atoms with E-state index >= 15 is 0 Å². The van der Waals surface area contributed by atoms with E-state index in [-0.39, 0.29) is 23.9 Å². The van der Waals surface area contributed by atoms with Crippen LogP contribution in [0, 0.1) is 0 Å². The molecule has 1 aliphatic heterocycles. The monoisotopic (exact) mass is 316 g/mol. The summed E-state index contributed by atoms with van der Waals surface area (Å²) in [5.41, 5.74) is 0.383. The highest BCUT2D eigenvalue weighted by atomic mass is 16.6. The third-order valence-electron chi connectivity index (χ3n) is 3.04. The van der Waals surface area contributed by atoms with Gasteiger partial charge in [-0.05, 0) is 51.5 Å². The van der Waals surface area contributed by atoms with E-state index < -0.39 is 11.6 Å². The molecule has 1 amide bonds. The van der Waals surface area contributed by atoms with Crippen molar-refractivity contribution in [2.45, 2.75) is 33.3 Å². The number of aliphatic imine (C=N–C) groups is 1. The molecule has 1 aromatic rings. The van der Waals surface area contributed by atoms with Gasteiger partial charge in [0.25, 0.3) is 5.91 Å². The number of nitrogens with zero attached hydrogens (tertiary/aromatic N) is 2. The van der Waals surface area contributed by atoms with Crippen LogP contribution >= 0.6 is 0 Å². The molecule has 122 valence electrons. The molecular weight excluding hydrogens is 296 g/mol. The average molecular weight is 316 g/mol. The maximum atomic E-state index is 12.4. The number of ether oxygens (including phenoxy) is 1. The van der Waals surface area contributed by atoms with E-state index in [0.717, 1.165) is 5.56 Å². The van der Waals surface area contributed by atoms with Crippen molar-refractivity contribution in [3.8, 4) is 5.75 Å². The lowest BCUT2D eigenvalue weighted by Gasteiger charge is -2.22. The maximum Gasteiger partial charge on any atom is 0.326 e. The second kappa shape index (κ2) is 6.24. The molecule has 0 aromatic heterocycles. The number of rotatable bonds is 3. The molecule has 2 rings (SSSR count). The van der Waals surface area contributed by atoms with Gasteiger partial charge < -0.3 is 9.84 Å². The third kappa shape index (κ3) is 4.42. The van der Waals surface area contributed by atoms with Crippen molar-refractivity contribution in [1.82, 2.24) is 4.90 Å². The van der Waals surface area contributed by atoms with Crippen molar-refractivity contribution in [2.24, 2.45) is 4.99 Å². The lowest BCUT2D eigenvalue weighted by atomic mass is 10.2. The van der Waals surface area contributed by atoms with Gasteiger partial charge in [0.15, 0.2) is 0 Å². The van der Waals surface area contributed by atoms with Gasteiger partial charge in [-0.25, -0.2) is 4.99 Å². The summed E-state index contributed by atoms with van der Waals surface area (Å²) in [6, 6.07) is 6.41. The third-order valence-corrected chi connectivity index (χ3v) is 3.04. The van der Waals surface area contributed by atoms with Crippen molar-refractivity contribution < 1.29 is 19.4 Å². The molecule has 6 heteroatoms. The second-order valence-corrected chi connectivity index (χ2v) is 6.26. The zero-order chi connectivity index (χ0) is 17.2. The molecule has 0 bridgehead atoms. The van der Waals surface area contributed by atoms with Crippen LogP contribution in [0.1, 0.15) is 33.3 Å². The SMILES string of the molecule is CC1=N/C(=C\c2ccc(O)cc2)C(=O)N1CC(=O)OC(C)(C)C. The van der Waals surface area contributed by atoms with Crippen LogP contribution in [0.4, 0.5) is 0 Å². The Kier molecular flexibility index (Phi) is 4.54. The summed E-state index contributed by atoms with van der Waals surface area (Å²) in [5, 5.41) is 9.27. The fraction of sp³-hybridized carbons (Fsp3) is 0.353. The molecular formula is C17H20N2O4. The number of phenols is 1. The molecule has 1 heterocycles. The summed E-state index contributed by atoms with van der Waals surface area (Å²) in [6.45, 7) is 6.81. The van der Waals surface area contributed by atoms with E-state index in [1.807, 2.05) is 0 Å². The van der Waals surface area contributed by atoms with Gasteiger partial charge in [-0.3, -0.25) is 14.5 Å². The first-order valence-electron chi connectivity index (χ1n) is 7.25. The number of esters is 1. The van der Waals surface area contributed by atoms with Crippen LogP contribution < -0.4 is 0 Å². The molecule has 23 heavy (non-hydrogen) atoms. The summed E-state index contributed by atoms with van der Waals surface area (Å²) in [5.74, 6) is -0.227. The summed E-state index contributed by atoms with van der Waals surface area (Å²) in [4.78, 5) is 29.8.